The van der Waals surface area contributed by atoms with Crippen LogP contribution in [0.25, 0.3) is 0 Å². The molecule has 2 heterocycles. The molecule has 2 fully saturated rings. The van der Waals surface area contributed by atoms with Crippen molar-refractivity contribution in [2.75, 3.05) is 19.8 Å². The van der Waals surface area contributed by atoms with Crippen LogP contribution in [0.3, 0.4) is 0 Å². The average Bonchev–Trinajstić information content (AvgIpc) is 3.47. The standard InChI is InChI=1S/C65H119NO13/c1-3-5-7-9-11-13-15-17-19-21-23-25-27-29-31-33-35-37-39-41-43-45-47-49-57(70)66-53(52-76-64-62(75)60(73)63(56(51-68)78-64)79-65-61(74)59(72)58(71)55(50-67)77-65)54(69)48-46-44-42-40-38-36-34-32-30-28-26-24-22-20-18-16-14-12-10-8-6-4-2/h15,17,21,23,38,40,46,48,53-56,58-65,67-69,71-75H,3-14,16,18-20,22,24-37,39,41-45,47,49-52H2,1-2H3,(H,66,70)/b17-15-,23-21-,40-38+,48-46+. The Morgan fingerprint density at radius 1 is 0.456 bits per heavy atom. The van der Waals surface area contributed by atoms with E-state index in [-0.39, 0.29) is 18.9 Å². The van der Waals surface area contributed by atoms with E-state index in [0.29, 0.717) is 12.8 Å². The summed E-state index contributed by atoms with van der Waals surface area (Å²) in [6.07, 6.45) is 47.2. The third kappa shape index (κ3) is 35.6. The molecule has 0 saturated carbocycles. The Morgan fingerprint density at radius 2 is 0.848 bits per heavy atom. The summed E-state index contributed by atoms with van der Waals surface area (Å²) < 4.78 is 22.8. The van der Waals surface area contributed by atoms with E-state index in [1.807, 2.05) is 6.08 Å². The Kier molecular flexibility index (Phi) is 46.7. The number of aliphatic hydroxyl groups excluding tert-OH is 8. The molecule has 12 atom stereocenters. The van der Waals surface area contributed by atoms with Gasteiger partial charge in [-0.1, -0.05) is 242 Å². The van der Waals surface area contributed by atoms with Crippen LogP contribution in [0.4, 0.5) is 0 Å². The van der Waals surface area contributed by atoms with Gasteiger partial charge in [0.15, 0.2) is 12.6 Å². The third-order valence-electron chi connectivity index (χ3n) is 15.7. The fourth-order valence-corrected chi connectivity index (χ4v) is 10.5. The number of aliphatic hydroxyl groups is 8. The minimum absolute atomic E-state index is 0.250. The highest BCUT2D eigenvalue weighted by atomic mass is 16.7. The predicted molar refractivity (Wildman–Crippen MR) is 318 cm³/mol. The van der Waals surface area contributed by atoms with Gasteiger partial charge in [0.2, 0.25) is 5.91 Å². The summed E-state index contributed by atoms with van der Waals surface area (Å²) in [7, 11) is 0. The molecular weight excluding hydrogens is 1000 g/mol. The molecule has 9 N–H and O–H groups in total. The monoisotopic (exact) mass is 1120 g/mol. The lowest BCUT2D eigenvalue weighted by Gasteiger charge is -2.46. The Labute approximate surface area is 480 Å². The quantitative estimate of drug-likeness (QED) is 0.0204. The molecule has 0 bridgehead atoms. The minimum Gasteiger partial charge on any atom is -0.394 e. The molecule has 462 valence electrons. The zero-order chi connectivity index (χ0) is 57.4. The fraction of sp³-hybridized carbons (Fsp3) is 0.862. The summed E-state index contributed by atoms with van der Waals surface area (Å²) in [4.78, 5) is 13.3. The molecular formula is C65H119NO13. The van der Waals surface area contributed by atoms with Crippen molar-refractivity contribution in [1.82, 2.24) is 5.32 Å². The lowest BCUT2D eigenvalue weighted by atomic mass is 9.97. The zero-order valence-electron chi connectivity index (χ0n) is 49.9. The van der Waals surface area contributed by atoms with Gasteiger partial charge in [-0.05, 0) is 64.2 Å². The summed E-state index contributed by atoms with van der Waals surface area (Å²) in [5, 5.41) is 87.2. The topological polar surface area (TPSA) is 228 Å². The van der Waals surface area contributed by atoms with Crippen molar-refractivity contribution < 1.29 is 64.6 Å². The highest BCUT2D eigenvalue weighted by Crippen LogP contribution is 2.30. The van der Waals surface area contributed by atoms with E-state index in [9.17, 15) is 45.6 Å². The highest BCUT2D eigenvalue weighted by molar-refractivity contribution is 5.76. The summed E-state index contributed by atoms with van der Waals surface area (Å²) in [6.45, 7) is 2.79. The molecule has 0 spiro atoms. The number of rotatable bonds is 52. The number of nitrogens with one attached hydrogen (secondary N) is 1. The molecule has 2 rings (SSSR count). The van der Waals surface area contributed by atoms with Crippen LogP contribution in [0.1, 0.15) is 264 Å². The largest absolute Gasteiger partial charge is 0.394 e. The van der Waals surface area contributed by atoms with Crippen molar-refractivity contribution in [1.29, 1.82) is 0 Å². The van der Waals surface area contributed by atoms with Crippen molar-refractivity contribution in [3.63, 3.8) is 0 Å². The van der Waals surface area contributed by atoms with Gasteiger partial charge in [-0.15, -0.1) is 0 Å². The molecule has 0 aliphatic carbocycles. The first-order valence-electron chi connectivity index (χ1n) is 32.4. The number of hydrogen-bond donors (Lipinski definition) is 9. The molecule has 2 saturated heterocycles. The van der Waals surface area contributed by atoms with Crippen molar-refractivity contribution in [2.45, 2.75) is 338 Å². The first kappa shape index (κ1) is 73.1. The maximum Gasteiger partial charge on any atom is 0.220 e. The van der Waals surface area contributed by atoms with Gasteiger partial charge in [0, 0.05) is 6.42 Å². The van der Waals surface area contributed by atoms with Crippen LogP contribution in [0.15, 0.2) is 48.6 Å². The fourth-order valence-electron chi connectivity index (χ4n) is 10.5. The number of ether oxygens (including phenoxy) is 4. The van der Waals surface area contributed by atoms with E-state index >= 15 is 0 Å². The second kappa shape index (κ2) is 50.5. The van der Waals surface area contributed by atoms with Crippen molar-refractivity contribution in [3.05, 3.63) is 48.6 Å². The molecule has 0 aromatic heterocycles. The maximum absolute atomic E-state index is 13.3. The Bertz CT molecular complexity index is 1510. The summed E-state index contributed by atoms with van der Waals surface area (Å²) in [5.74, 6) is -0.250. The smallest absolute Gasteiger partial charge is 0.220 e. The second-order valence-electron chi connectivity index (χ2n) is 22.9. The Hall–Kier alpha value is -2.05. The van der Waals surface area contributed by atoms with Gasteiger partial charge in [0.05, 0.1) is 32.0 Å². The van der Waals surface area contributed by atoms with Gasteiger partial charge in [-0.2, -0.15) is 0 Å². The van der Waals surface area contributed by atoms with Crippen molar-refractivity contribution >= 4 is 5.91 Å². The number of carbonyl (C=O) groups excluding carboxylic acids is 1. The van der Waals surface area contributed by atoms with Crippen LogP contribution >= 0.6 is 0 Å². The Balaban J connectivity index is 1.75. The van der Waals surface area contributed by atoms with Crippen molar-refractivity contribution in [3.8, 4) is 0 Å². The number of hydrogen-bond acceptors (Lipinski definition) is 13. The van der Waals surface area contributed by atoms with Gasteiger partial charge in [-0.25, -0.2) is 0 Å². The zero-order valence-corrected chi connectivity index (χ0v) is 49.9. The Morgan fingerprint density at radius 3 is 1.32 bits per heavy atom. The summed E-state index contributed by atoms with van der Waals surface area (Å²) >= 11 is 0. The average molecular weight is 1120 g/mol. The van der Waals surface area contributed by atoms with E-state index < -0.39 is 86.8 Å². The third-order valence-corrected chi connectivity index (χ3v) is 15.7. The molecule has 2 aliphatic rings. The van der Waals surface area contributed by atoms with Crippen LogP contribution in [-0.2, 0) is 23.7 Å². The maximum atomic E-state index is 13.3. The van der Waals surface area contributed by atoms with E-state index in [0.717, 1.165) is 38.5 Å². The lowest BCUT2D eigenvalue weighted by molar-refractivity contribution is -0.359. The van der Waals surface area contributed by atoms with E-state index in [1.165, 1.54) is 193 Å². The SMILES string of the molecule is CCCCCCC/C=C\C/C=C\CCCCCCCCCCCCCC(=O)NC(COC1OC(CO)C(OC2OC(CO)C(O)C(O)C2O)C(O)C1O)C(O)/C=C/CC/C=C/CCCCCCCCCCCCCCCCCC. The first-order chi connectivity index (χ1) is 38.6. The van der Waals surface area contributed by atoms with Crippen LogP contribution in [0.5, 0.6) is 0 Å². The number of unbranched alkanes of at least 4 members (excludes halogenated alkanes) is 33. The molecule has 0 aromatic rings. The molecule has 0 radical (unpaired) electrons. The van der Waals surface area contributed by atoms with Gasteiger partial charge >= 0.3 is 0 Å². The second-order valence-corrected chi connectivity index (χ2v) is 22.9. The molecule has 1 amide bonds. The molecule has 12 unspecified atom stereocenters. The first-order valence-corrected chi connectivity index (χ1v) is 32.4. The highest BCUT2D eigenvalue weighted by Gasteiger charge is 2.51. The molecule has 14 nitrogen and oxygen atoms in total. The molecule has 2 aliphatic heterocycles. The van der Waals surface area contributed by atoms with Gasteiger partial charge in [0.25, 0.3) is 0 Å². The number of amides is 1. The van der Waals surface area contributed by atoms with Gasteiger partial charge in [0.1, 0.15) is 48.8 Å². The molecule has 14 heteroatoms. The number of allylic oxidation sites excluding steroid dienone is 7. The van der Waals surface area contributed by atoms with E-state index in [1.54, 1.807) is 6.08 Å². The normalized spacial score (nSPS) is 24.7. The van der Waals surface area contributed by atoms with E-state index in [4.69, 9.17) is 18.9 Å². The summed E-state index contributed by atoms with van der Waals surface area (Å²) in [5.41, 5.74) is 0. The van der Waals surface area contributed by atoms with E-state index in [2.05, 4.69) is 55.6 Å². The van der Waals surface area contributed by atoms with Crippen molar-refractivity contribution in [2.24, 2.45) is 0 Å². The van der Waals surface area contributed by atoms with Gasteiger partial charge in [-0.3, -0.25) is 4.79 Å². The predicted octanol–water partition coefficient (Wildman–Crippen LogP) is 12.0. The lowest BCUT2D eigenvalue weighted by Crippen LogP contribution is -2.65. The minimum atomic E-state index is -1.79. The number of carbonyl (C=O) groups is 1. The van der Waals surface area contributed by atoms with Crippen LogP contribution in [-0.4, -0.2) is 140 Å². The molecule has 0 aromatic carbocycles. The van der Waals surface area contributed by atoms with Crippen LogP contribution < -0.4 is 5.32 Å². The van der Waals surface area contributed by atoms with Crippen LogP contribution in [0, 0.1) is 0 Å². The summed E-state index contributed by atoms with van der Waals surface area (Å²) in [6, 6.07) is -0.934. The van der Waals surface area contributed by atoms with Crippen LogP contribution in [0.2, 0.25) is 0 Å². The molecule has 79 heavy (non-hydrogen) atoms. The van der Waals surface area contributed by atoms with Gasteiger partial charge < -0.3 is 65.1 Å².